The molecule has 254 valence electrons. The van der Waals surface area contributed by atoms with Gasteiger partial charge in [-0.3, -0.25) is 0 Å². The summed E-state index contributed by atoms with van der Waals surface area (Å²) in [4.78, 5) is 12.4. The molecular formula is C43H64BN3. The molecule has 6 saturated carbocycles. The third kappa shape index (κ3) is 4.39. The summed E-state index contributed by atoms with van der Waals surface area (Å²) in [6, 6.07) is 13.7. The quantitative estimate of drug-likeness (QED) is 0.287. The predicted octanol–water partition coefficient (Wildman–Crippen LogP) is 9.17. The third-order valence-electron chi connectivity index (χ3n) is 17.0. The zero-order valence-corrected chi connectivity index (χ0v) is 30.7. The van der Waals surface area contributed by atoms with Crippen molar-refractivity contribution in [2.24, 2.45) is 51.8 Å². The topological polar surface area (TPSA) is 18.8 Å². The van der Waals surface area contributed by atoms with Gasteiger partial charge < -0.3 is 9.80 Å². The lowest BCUT2D eigenvalue weighted by Gasteiger charge is -2.70. The molecule has 2 saturated heterocycles. The average Bonchev–Trinajstić information content (AvgIpc) is 3.65. The van der Waals surface area contributed by atoms with Crippen molar-refractivity contribution in [1.82, 2.24) is 9.80 Å². The Balaban J connectivity index is 1.13. The number of fused-ring (bicyclic) bond motifs is 9. The minimum absolute atomic E-state index is 0.215. The molecule has 47 heavy (non-hydrogen) atoms. The fourth-order valence-electron chi connectivity index (χ4n) is 15.1. The Bertz CT molecular complexity index is 1400. The molecule has 0 spiro atoms. The molecule has 3 heterocycles. The lowest BCUT2D eigenvalue weighted by Crippen LogP contribution is -2.78. The van der Waals surface area contributed by atoms with Crippen LogP contribution in [0.15, 0.2) is 29.3 Å². The van der Waals surface area contributed by atoms with E-state index in [-0.39, 0.29) is 5.41 Å². The first-order valence-electron chi connectivity index (χ1n) is 20.8. The highest BCUT2D eigenvalue weighted by Gasteiger charge is 2.69. The highest BCUT2D eigenvalue weighted by atomic mass is 15.5. The first kappa shape index (κ1) is 30.4. The van der Waals surface area contributed by atoms with E-state index in [0.717, 1.165) is 71.9 Å². The molecule has 8 fully saturated rings. The Morgan fingerprint density at radius 3 is 2.15 bits per heavy atom. The van der Waals surface area contributed by atoms with Gasteiger partial charge in [0.2, 0.25) is 0 Å². The Kier molecular flexibility index (Phi) is 6.81. The molecule has 0 N–H and O–H groups in total. The van der Waals surface area contributed by atoms with Gasteiger partial charge >= 0.3 is 0 Å². The van der Waals surface area contributed by atoms with E-state index in [0.29, 0.717) is 23.5 Å². The molecule has 4 heteroatoms. The number of rotatable bonds is 1. The number of guanidine groups is 1. The minimum Gasteiger partial charge on any atom is -0.337 e. The van der Waals surface area contributed by atoms with Crippen molar-refractivity contribution in [2.75, 3.05) is 0 Å². The summed E-state index contributed by atoms with van der Waals surface area (Å²) >= 11 is 0. The number of hydrogen-bond donors (Lipinski definition) is 0. The van der Waals surface area contributed by atoms with Crippen LogP contribution in [-0.2, 0) is 5.41 Å². The first-order valence-corrected chi connectivity index (χ1v) is 20.8. The summed E-state index contributed by atoms with van der Waals surface area (Å²) in [7, 11) is 0. The van der Waals surface area contributed by atoms with Gasteiger partial charge in [0.1, 0.15) is 0 Å². The molecule has 3 nitrogen and oxygen atoms in total. The lowest BCUT2D eigenvalue weighted by atomic mass is 9.22. The van der Waals surface area contributed by atoms with Crippen molar-refractivity contribution in [3.05, 3.63) is 29.8 Å². The summed E-state index contributed by atoms with van der Waals surface area (Å²) in [5.74, 6) is 9.64. The van der Waals surface area contributed by atoms with Gasteiger partial charge in [-0.25, -0.2) is 4.99 Å². The summed E-state index contributed by atoms with van der Waals surface area (Å²) < 4.78 is 0. The van der Waals surface area contributed by atoms with Crippen molar-refractivity contribution in [2.45, 2.75) is 179 Å². The van der Waals surface area contributed by atoms with E-state index >= 15 is 0 Å². The van der Waals surface area contributed by atoms with Gasteiger partial charge in [0.05, 0.1) is 12.1 Å². The Hall–Kier alpha value is -1.45. The van der Waals surface area contributed by atoms with E-state index in [9.17, 15) is 0 Å². The molecule has 0 bridgehead atoms. The highest BCUT2D eigenvalue weighted by molar-refractivity contribution is 6.76. The van der Waals surface area contributed by atoms with E-state index in [1.54, 1.807) is 11.4 Å². The van der Waals surface area contributed by atoms with Crippen molar-refractivity contribution in [3.63, 3.8) is 0 Å². The van der Waals surface area contributed by atoms with Crippen molar-refractivity contribution in [1.29, 1.82) is 0 Å². The number of aliphatic imine (C=N–C) groups is 1. The molecule has 9 aliphatic rings. The van der Waals surface area contributed by atoms with Crippen LogP contribution in [0.5, 0.6) is 0 Å². The average molecular weight is 634 g/mol. The molecule has 0 amide bonds. The zero-order valence-electron chi connectivity index (χ0n) is 30.7. The van der Waals surface area contributed by atoms with Gasteiger partial charge in [-0.2, -0.15) is 0 Å². The summed E-state index contributed by atoms with van der Waals surface area (Å²) in [5.41, 5.74) is 3.83. The number of benzene rings is 1. The second-order valence-electron chi connectivity index (χ2n) is 20.9. The van der Waals surface area contributed by atoms with Gasteiger partial charge in [0.25, 0.3) is 0 Å². The molecular weight excluding hydrogens is 569 g/mol. The Morgan fingerprint density at radius 2 is 1.36 bits per heavy atom. The van der Waals surface area contributed by atoms with Crippen LogP contribution in [-0.4, -0.2) is 52.7 Å². The smallest absolute Gasteiger partial charge is 0.198 e. The van der Waals surface area contributed by atoms with Crippen molar-refractivity contribution in [3.8, 4) is 0 Å². The Labute approximate surface area is 287 Å². The fourth-order valence-corrected chi connectivity index (χ4v) is 15.1. The maximum Gasteiger partial charge on any atom is 0.198 e. The summed E-state index contributed by atoms with van der Waals surface area (Å²) in [6.45, 7) is 15.4. The number of hydrogen-bond acceptors (Lipinski definition) is 3. The van der Waals surface area contributed by atoms with Crippen LogP contribution in [0.4, 0.5) is 0 Å². The standard InChI is InChI=1S/C43H64BN3/c1-42(2,3)28-15-18-30(19-16-28)44-32-20-13-25-9-7-8-10-31(25)39(32)47-40-33(44)23-27-12-11-26-14-21-36(38(40)37(26)27)46-35-22-17-29(43(4,5)6)24-34(35)45-41(46)47/h15-16,18-19,25-27,29,31-40H,7-14,17,20-24H2,1-6H3. The van der Waals surface area contributed by atoms with Crippen molar-refractivity contribution >= 4 is 18.1 Å². The van der Waals surface area contributed by atoms with Crippen LogP contribution in [0.1, 0.15) is 137 Å². The number of nitrogens with zero attached hydrogens (tertiary/aromatic N) is 3. The molecule has 6 aliphatic carbocycles. The van der Waals surface area contributed by atoms with Crippen molar-refractivity contribution < 1.29 is 0 Å². The first-order chi connectivity index (χ1) is 22.6. The van der Waals surface area contributed by atoms with E-state index in [1.807, 2.05) is 0 Å². The van der Waals surface area contributed by atoms with E-state index in [2.05, 4.69) is 75.6 Å². The summed E-state index contributed by atoms with van der Waals surface area (Å²) in [6.07, 6.45) is 20.5. The van der Waals surface area contributed by atoms with Gasteiger partial charge in [-0.05, 0) is 115 Å². The van der Waals surface area contributed by atoms with Gasteiger partial charge in [-0.1, -0.05) is 110 Å². The molecule has 10 rings (SSSR count). The van der Waals surface area contributed by atoms with E-state index in [1.165, 1.54) is 95.5 Å². The molecule has 1 aromatic rings. The fraction of sp³-hybridized carbons (Fsp3) is 0.837. The normalized spacial score (nSPS) is 46.6. The Morgan fingerprint density at radius 1 is 0.638 bits per heavy atom. The van der Waals surface area contributed by atoms with Gasteiger partial charge in [0.15, 0.2) is 12.7 Å². The molecule has 1 aromatic carbocycles. The maximum atomic E-state index is 6.04. The molecule has 0 radical (unpaired) electrons. The van der Waals surface area contributed by atoms with Crippen LogP contribution in [0.3, 0.4) is 0 Å². The van der Waals surface area contributed by atoms with Crippen LogP contribution in [0, 0.1) is 46.8 Å². The zero-order chi connectivity index (χ0) is 32.0. The molecule has 0 aromatic heterocycles. The van der Waals surface area contributed by atoms with Crippen LogP contribution < -0.4 is 5.46 Å². The molecule has 14 unspecified atom stereocenters. The van der Waals surface area contributed by atoms with Gasteiger partial charge in [-0.15, -0.1) is 0 Å². The summed E-state index contributed by atoms with van der Waals surface area (Å²) in [5, 5.41) is 0. The lowest BCUT2D eigenvalue weighted by molar-refractivity contribution is -0.0947. The minimum atomic E-state index is 0.215. The predicted molar refractivity (Wildman–Crippen MR) is 197 cm³/mol. The SMILES string of the molecule is CC(C)(C)c1ccc(B2C3CCC4CCCCC4C3N3C4=NC5CC(C(C)(C)C)CCC5N4C4CCC5CCC6CC2C3C4C56)cc1. The highest BCUT2D eigenvalue weighted by Crippen LogP contribution is 2.67. The van der Waals surface area contributed by atoms with Gasteiger partial charge in [0, 0.05) is 24.0 Å². The maximum absolute atomic E-state index is 6.04. The van der Waals surface area contributed by atoms with Crippen LogP contribution in [0.25, 0.3) is 0 Å². The van der Waals surface area contributed by atoms with E-state index in [4.69, 9.17) is 4.99 Å². The molecule has 3 aliphatic heterocycles. The van der Waals surface area contributed by atoms with E-state index < -0.39 is 0 Å². The van der Waals surface area contributed by atoms with Crippen LogP contribution in [0.2, 0.25) is 11.6 Å². The van der Waals surface area contributed by atoms with Crippen LogP contribution >= 0.6 is 0 Å². The molecule has 14 atom stereocenters. The monoisotopic (exact) mass is 634 g/mol. The second kappa shape index (κ2) is 10.5. The third-order valence-corrected chi connectivity index (χ3v) is 17.0. The second-order valence-corrected chi connectivity index (χ2v) is 20.9. The largest absolute Gasteiger partial charge is 0.337 e.